The van der Waals surface area contributed by atoms with Gasteiger partial charge in [0.05, 0.1) is 0 Å². The molecule has 2 fully saturated rings. The average Bonchev–Trinajstić information content (AvgIpc) is 2.48. The van der Waals surface area contributed by atoms with Crippen LogP contribution in [0.4, 0.5) is 4.79 Å². The predicted octanol–water partition coefficient (Wildman–Crippen LogP) is 3.16. The maximum Gasteiger partial charge on any atom is 0.315 e. The van der Waals surface area contributed by atoms with Crippen molar-refractivity contribution in [3.8, 4) is 0 Å². The second-order valence-electron chi connectivity index (χ2n) is 7.02. The van der Waals surface area contributed by atoms with Crippen molar-refractivity contribution in [1.82, 2.24) is 10.6 Å². The van der Waals surface area contributed by atoms with E-state index >= 15 is 0 Å². The van der Waals surface area contributed by atoms with Crippen LogP contribution in [0.3, 0.4) is 0 Å². The van der Waals surface area contributed by atoms with Gasteiger partial charge >= 0.3 is 6.03 Å². The molecule has 2 amide bonds. The van der Waals surface area contributed by atoms with Gasteiger partial charge in [-0.05, 0) is 56.9 Å². The van der Waals surface area contributed by atoms with Crippen LogP contribution in [-0.4, -0.2) is 25.2 Å². The number of carbonyl (C=O) groups excluding carboxylic acids is 1. The number of carbonyl (C=O) groups is 1. The smallest absolute Gasteiger partial charge is 0.315 e. The maximum atomic E-state index is 12.0. The Morgan fingerprint density at radius 2 is 1.43 bits per heavy atom. The molecular weight excluding hydrogens is 262 g/mol. The Bertz CT molecular complexity index is 292. The molecule has 21 heavy (non-hydrogen) atoms. The highest BCUT2D eigenvalue weighted by atomic mass is 16.2. The van der Waals surface area contributed by atoms with Crippen LogP contribution >= 0.6 is 0 Å². The van der Waals surface area contributed by atoms with Gasteiger partial charge in [0.2, 0.25) is 0 Å². The number of amides is 2. The molecular formula is C17H33N3O. The van der Waals surface area contributed by atoms with E-state index in [1.54, 1.807) is 0 Å². The summed E-state index contributed by atoms with van der Waals surface area (Å²) in [6, 6.07) is 0.430. The summed E-state index contributed by atoms with van der Waals surface area (Å²) in [6.07, 6.45) is 13.7. The van der Waals surface area contributed by atoms with Gasteiger partial charge in [0.25, 0.3) is 0 Å². The van der Waals surface area contributed by atoms with Crippen LogP contribution in [0, 0.1) is 11.8 Å². The van der Waals surface area contributed by atoms with Crippen LogP contribution in [0.1, 0.15) is 70.6 Å². The summed E-state index contributed by atoms with van der Waals surface area (Å²) in [5.74, 6) is 1.36. The largest absolute Gasteiger partial charge is 0.338 e. The van der Waals surface area contributed by atoms with Crippen LogP contribution in [0.15, 0.2) is 0 Å². The molecule has 0 bridgehead atoms. The number of hydrogen-bond donors (Lipinski definition) is 3. The van der Waals surface area contributed by atoms with Crippen molar-refractivity contribution in [1.29, 1.82) is 0 Å². The van der Waals surface area contributed by atoms with E-state index in [1.165, 1.54) is 57.8 Å². The Morgan fingerprint density at radius 3 is 2.05 bits per heavy atom. The number of nitrogens with one attached hydrogen (secondary N) is 2. The molecule has 4 N–H and O–H groups in total. The molecule has 0 radical (unpaired) electrons. The molecule has 2 rings (SSSR count). The number of urea groups is 1. The lowest BCUT2D eigenvalue weighted by Gasteiger charge is -2.28. The van der Waals surface area contributed by atoms with E-state index < -0.39 is 0 Å². The Hall–Kier alpha value is -0.770. The molecule has 0 aromatic rings. The van der Waals surface area contributed by atoms with Gasteiger partial charge < -0.3 is 16.4 Å². The zero-order valence-electron chi connectivity index (χ0n) is 13.4. The molecule has 2 saturated carbocycles. The van der Waals surface area contributed by atoms with Crippen molar-refractivity contribution >= 4 is 6.03 Å². The maximum absolute atomic E-state index is 12.0. The molecule has 0 saturated heterocycles. The monoisotopic (exact) mass is 295 g/mol. The van der Waals surface area contributed by atoms with E-state index in [2.05, 4.69) is 10.6 Å². The van der Waals surface area contributed by atoms with Gasteiger partial charge in [0, 0.05) is 12.6 Å². The summed E-state index contributed by atoms with van der Waals surface area (Å²) in [5.41, 5.74) is 5.72. The van der Waals surface area contributed by atoms with Crippen molar-refractivity contribution in [2.45, 2.75) is 76.7 Å². The average molecular weight is 295 g/mol. The van der Waals surface area contributed by atoms with Gasteiger partial charge in [-0.15, -0.1) is 0 Å². The third-order valence-electron chi connectivity index (χ3n) is 5.29. The Labute approximate surface area is 129 Å². The van der Waals surface area contributed by atoms with Crippen molar-refractivity contribution in [3.05, 3.63) is 0 Å². The zero-order chi connectivity index (χ0) is 14.9. The summed E-state index contributed by atoms with van der Waals surface area (Å²) in [7, 11) is 0. The van der Waals surface area contributed by atoms with Crippen LogP contribution in [0.2, 0.25) is 0 Å². The highest BCUT2D eigenvalue weighted by Gasteiger charge is 2.21. The molecule has 0 aliphatic heterocycles. The van der Waals surface area contributed by atoms with Gasteiger partial charge in [0.15, 0.2) is 0 Å². The van der Waals surface area contributed by atoms with Crippen LogP contribution in [0.25, 0.3) is 0 Å². The Morgan fingerprint density at radius 1 is 0.857 bits per heavy atom. The van der Waals surface area contributed by atoms with Crippen molar-refractivity contribution in [3.63, 3.8) is 0 Å². The Balaban J connectivity index is 1.60. The summed E-state index contributed by atoms with van der Waals surface area (Å²) in [6.45, 7) is 1.65. The number of hydrogen-bond acceptors (Lipinski definition) is 2. The van der Waals surface area contributed by atoms with Gasteiger partial charge in [-0.25, -0.2) is 4.79 Å². The fourth-order valence-corrected chi connectivity index (χ4v) is 3.75. The zero-order valence-corrected chi connectivity index (χ0v) is 13.4. The second-order valence-corrected chi connectivity index (χ2v) is 7.02. The van der Waals surface area contributed by atoms with E-state index in [0.29, 0.717) is 17.9 Å². The minimum absolute atomic E-state index is 0.0431. The third-order valence-corrected chi connectivity index (χ3v) is 5.29. The van der Waals surface area contributed by atoms with E-state index in [9.17, 15) is 4.79 Å². The molecule has 4 nitrogen and oxygen atoms in total. The lowest BCUT2D eigenvalue weighted by Crippen LogP contribution is -2.44. The molecule has 0 atom stereocenters. The van der Waals surface area contributed by atoms with E-state index in [0.717, 1.165) is 25.9 Å². The molecule has 122 valence electrons. The molecule has 2 aliphatic rings. The quantitative estimate of drug-likeness (QED) is 0.746. The second kappa shape index (κ2) is 9.29. The van der Waals surface area contributed by atoms with Gasteiger partial charge in [-0.2, -0.15) is 0 Å². The molecule has 2 aliphatic carbocycles. The minimum atomic E-state index is 0.0431. The molecule has 0 aromatic carbocycles. The molecule has 0 unspecified atom stereocenters. The normalized spacial score (nSPS) is 28.4. The number of nitrogens with two attached hydrogens (primary N) is 1. The van der Waals surface area contributed by atoms with Crippen LogP contribution < -0.4 is 16.4 Å². The molecule has 0 aromatic heterocycles. The van der Waals surface area contributed by atoms with Crippen molar-refractivity contribution < 1.29 is 4.79 Å². The first-order valence-electron chi connectivity index (χ1n) is 9.02. The highest BCUT2D eigenvalue weighted by Crippen LogP contribution is 2.27. The lowest BCUT2D eigenvalue weighted by atomic mass is 9.82. The predicted molar refractivity (Wildman–Crippen MR) is 87.1 cm³/mol. The highest BCUT2D eigenvalue weighted by molar-refractivity contribution is 5.74. The molecule has 4 heteroatoms. The summed E-state index contributed by atoms with van der Waals surface area (Å²) in [4.78, 5) is 12.0. The summed E-state index contributed by atoms with van der Waals surface area (Å²) in [5, 5.41) is 6.26. The third kappa shape index (κ3) is 6.25. The van der Waals surface area contributed by atoms with Gasteiger partial charge in [-0.1, -0.05) is 32.1 Å². The first kappa shape index (κ1) is 16.6. The Kier molecular flexibility index (Phi) is 7.34. The van der Waals surface area contributed by atoms with E-state index in [4.69, 9.17) is 5.73 Å². The van der Waals surface area contributed by atoms with Crippen LogP contribution in [0.5, 0.6) is 0 Å². The minimum Gasteiger partial charge on any atom is -0.338 e. The van der Waals surface area contributed by atoms with Gasteiger partial charge in [-0.3, -0.25) is 0 Å². The summed E-state index contributed by atoms with van der Waals surface area (Å²) < 4.78 is 0. The first-order chi connectivity index (χ1) is 10.3. The summed E-state index contributed by atoms with van der Waals surface area (Å²) >= 11 is 0. The standard InChI is InChI=1S/C17H33N3O/c18-12-14-8-10-15(11-9-14)13-19-17(21)20-16-6-4-2-1-3-5-7-16/h14-16H,1-13,18H2,(H2,19,20,21). The van der Waals surface area contributed by atoms with Gasteiger partial charge in [0.1, 0.15) is 0 Å². The fourth-order valence-electron chi connectivity index (χ4n) is 3.75. The van der Waals surface area contributed by atoms with E-state index in [1.807, 2.05) is 0 Å². The SMILES string of the molecule is NCC1CCC(CNC(=O)NC2CCCCCCC2)CC1. The van der Waals surface area contributed by atoms with Crippen molar-refractivity contribution in [2.24, 2.45) is 17.6 Å². The van der Waals surface area contributed by atoms with Crippen LogP contribution in [-0.2, 0) is 0 Å². The first-order valence-corrected chi connectivity index (χ1v) is 9.02. The van der Waals surface area contributed by atoms with Crippen molar-refractivity contribution in [2.75, 3.05) is 13.1 Å². The van der Waals surface area contributed by atoms with E-state index in [-0.39, 0.29) is 6.03 Å². The molecule has 0 heterocycles. The number of rotatable bonds is 4. The fraction of sp³-hybridized carbons (Fsp3) is 0.941. The topological polar surface area (TPSA) is 67.1 Å². The molecule has 0 spiro atoms. The lowest BCUT2D eigenvalue weighted by molar-refractivity contribution is 0.225.